The number of anilines is 1. The first-order valence-electron chi connectivity index (χ1n) is 8.75. The number of likely N-dealkylation sites (tertiary alicyclic amines) is 1. The van der Waals surface area contributed by atoms with Crippen molar-refractivity contribution < 1.29 is 14.5 Å². The van der Waals surface area contributed by atoms with Crippen molar-refractivity contribution in [3.8, 4) is 0 Å². The molecule has 1 N–H and O–H groups in total. The largest absolute Gasteiger partial charge is 0.444 e. The molecule has 2 bridgehead atoms. The molecule has 2 unspecified atom stereocenters. The smallest absolute Gasteiger partial charge is 0.410 e. The number of aromatic amines is 1. The minimum atomic E-state index is -0.534. The molecule has 2 fully saturated rings. The van der Waals surface area contributed by atoms with Crippen LogP contribution in [0.5, 0.6) is 0 Å². The summed E-state index contributed by atoms with van der Waals surface area (Å²) in [6, 6.07) is 5.23. The fraction of sp³-hybridized carbons (Fsp3) is 0.500. The summed E-state index contributed by atoms with van der Waals surface area (Å²) in [4.78, 5) is 30.6. The number of carbonyl (C=O) groups excluding carboxylic acids is 1. The Bertz CT molecular complexity index is 885. The summed E-state index contributed by atoms with van der Waals surface area (Å²) in [7, 11) is 0. The molecule has 2 atom stereocenters. The highest BCUT2D eigenvalue weighted by Gasteiger charge is 2.48. The maximum atomic E-state index is 12.4. The van der Waals surface area contributed by atoms with Crippen molar-refractivity contribution in [2.24, 2.45) is 0 Å². The van der Waals surface area contributed by atoms with Gasteiger partial charge in [0.1, 0.15) is 11.3 Å². The number of fused-ring (bicyclic) bond motifs is 3. The maximum Gasteiger partial charge on any atom is 0.410 e. The van der Waals surface area contributed by atoms with Gasteiger partial charge in [0.25, 0.3) is 5.69 Å². The number of piperazine rings is 1. The van der Waals surface area contributed by atoms with Crippen LogP contribution in [0.15, 0.2) is 24.4 Å². The molecule has 8 heteroatoms. The molecule has 3 heterocycles. The first-order chi connectivity index (χ1) is 12.2. The van der Waals surface area contributed by atoms with E-state index in [1.807, 2.05) is 26.8 Å². The van der Waals surface area contributed by atoms with Gasteiger partial charge in [0.05, 0.1) is 11.0 Å². The molecule has 4 rings (SSSR count). The van der Waals surface area contributed by atoms with Crippen molar-refractivity contribution in [2.45, 2.75) is 44.9 Å². The van der Waals surface area contributed by atoms with Gasteiger partial charge in [-0.05, 0) is 39.3 Å². The number of carbonyl (C=O) groups is 1. The van der Waals surface area contributed by atoms with Gasteiger partial charge in [0.2, 0.25) is 0 Å². The number of aromatic nitrogens is 1. The monoisotopic (exact) mass is 358 g/mol. The molecule has 1 aromatic heterocycles. The lowest BCUT2D eigenvalue weighted by molar-refractivity contribution is -0.384. The van der Waals surface area contributed by atoms with Gasteiger partial charge in [-0.25, -0.2) is 4.79 Å². The number of nitro benzene ring substituents is 1. The molecule has 2 aliphatic heterocycles. The van der Waals surface area contributed by atoms with E-state index in [1.54, 1.807) is 23.2 Å². The van der Waals surface area contributed by atoms with E-state index >= 15 is 0 Å². The molecule has 0 aliphatic carbocycles. The number of rotatable bonds is 2. The highest BCUT2D eigenvalue weighted by molar-refractivity contribution is 5.98. The van der Waals surface area contributed by atoms with Gasteiger partial charge in [-0.3, -0.25) is 10.1 Å². The lowest BCUT2D eigenvalue weighted by Crippen LogP contribution is -2.50. The van der Waals surface area contributed by atoms with Crippen molar-refractivity contribution >= 4 is 28.4 Å². The molecule has 0 saturated carbocycles. The summed E-state index contributed by atoms with van der Waals surface area (Å²) in [5.41, 5.74) is 1.09. The van der Waals surface area contributed by atoms with E-state index in [2.05, 4.69) is 9.88 Å². The predicted molar refractivity (Wildman–Crippen MR) is 97.4 cm³/mol. The standard InChI is InChI=1S/C18H22N4O4/c1-18(2,3)26-17(23)21-10-11-8-12(21)9-20(11)16-13-6-7-19-14(13)4-5-15(16)22(24)25/h4-7,11-12,19H,8-10H2,1-3H3. The lowest BCUT2D eigenvalue weighted by Gasteiger charge is -2.36. The topological polar surface area (TPSA) is 91.7 Å². The minimum absolute atomic E-state index is 0.0173. The van der Waals surface area contributed by atoms with Gasteiger partial charge >= 0.3 is 6.09 Å². The zero-order valence-electron chi connectivity index (χ0n) is 15.1. The second-order valence-electron chi connectivity index (χ2n) is 7.96. The molecule has 0 radical (unpaired) electrons. The van der Waals surface area contributed by atoms with Crippen LogP contribution >= 0.6 is 0 Å². The number of nitrogens with zero attached hydrogens (tertiary/aromatic N) is 3. The van der Waals surface area contributed by atoms with E-state index in [1.165, 1.54) is 0 Å². The Kier molecular flexibility index (Phi) is 3.61. The molecule has 2 aromatic rings. The zero-order chi connectivity index (χ0) is 18.6. The number of benzene rings is 1. The molecule has 1 amide bonds. The van der Waals surface area contributed by atoms with Crippen molar-refractivity contribution in [3.63, 3.8) is 0 Å². The number of amides is 1. The average molecular weight is 358 g/mol. The summed E-state index contributed by atoms with van der Waals surface area (Å²) in [5, 5.41) is 12.4. The van der Waals surface area contributed by atoms with Crippen LogP contribution in [-0.2, 0) is 4.74 Å². The Hall–Kier alpha value is -2.77. The van der Waals surface area contributed by atoms with E-state index in [9.17, 15) is 14.9 Å². The minimum Gasteiger partial charge on any atom is -0.444 e. The second kappa shape index (κ2) is 5.62. The van der Waals surface area contributed by atoms with Crippen LogP contribution in [0.3, 0.4) is 0 Å². The van der Waals surface area contributed by atoms with Crippen molar-refractivity contribution in [3.05, 3.63) is 34.5 Å². The molecule has 0 spiro atoms. The maximum absolute atomic E-state index is 12.4. The number of hydrogen-bond acceptors (Lipinski definition) is 5. The first kappa shape index (κ1) is 16.7. The van der Waals surface area contributed by atoms with Gasteiger partial charge in [0, 0.05) is 42.3 Å². The molecule has 2 saturated heterocycles. The van der Waals surface area contributed by atoms with E-state index < -0.39 is 5.60 Å². The average Bonchev–Trinajstić information content (AvgIpc) is 3.26. The molecule has 2 aliphatic rings. The molecule has 1 aromatic carbocycles. The number of hydrogen-bond donors (Lipinski definition) is 1. The highest BCUT2D eigenvalue weighted by Crippen LogP contribution is 2.43. The third-order valence-corrected chi connectivity index (χ3v) is 5.04. The first-order valence-corrected chi connectivity index (χ1v) is 8.75. The van der Waals surface area contributed by atoms with Gasteiger partial charge in [-0.1, -0.05) is 0 Å². The summed E-state index contributed by atoms with van der Waals surface area (Å²) in [6.07, 6.45) is 2.29. The third-order valence-electron chi connectivity index (χ3n) is 5.04. The fourth-order valence-corrected chi connectivity index (χ4v) is 4.04. The SMILES string of the molecule is CC(C)(C)OC(=O)N1CC2CC1CN2c1c([N+](=O)[O-])ccc2[nH]ccc12. The van der Waals surface area contributed by atoms with Crippen LogP contribution in [0, 0.1) is 10.1 Å². The van der Waals surface area contributed by atoms with Crippen LogP contribution in [0.4, 0.5) is 16.2 Å². The Labute approximate surface area is 150 Å². The molecule has 138 valence electrons. The second-order valence-corrected chi connectivity index (χ2v) is 7.96. The van der Waals surface area contributed by atoms with Crippen molar-refractivity contribution in [2.75, 3.05) is 18.0 Å². The Morgan fingerprint density at radius 1 is 1.27 bits per heavy atom. The zero-order valence-corrected chi connectivity index (χ0v) is 15.1. The van der Waals surface area contributed by atoms with Crippen LogP contribution in [0.1, 0.15) is 27.2 Å². The number of nitrogens with one attached hydrogen (secondary N) is 1. The van der Waals surface area contributed by atoms with E-state index in [0.29, 0.717) is 18.8 Å². The molecule has 8 nitrogen and oxygen atoms in total. The van der Waals surface area contributed by atoms with E-state index in [4.69, 9.17) is 4.74 Å². The molecular weight excluding hydrogens is 336 g/mol. The molecular formula is C18H22N4O4. The fourth-order valence-electron chi connectivity index (χ4n) is 4.04. The Morgan fingerprint density at radius 3 is 2.65 bits per heavy atom. The van der Waals surface area contributed by atoms with Crippen LogP contribution in [-0.4, -0.2) is 51.7 Å². The quantitative estimate of drug-likeness (QED) is 0.657. The lowest BCUT2D eigenvalue weighted by atomic mass is 10.1. The normalized spacial score (nSPS) is 22.3. The Balaban J connectivity index is 1.63. The van der Waals surface area contributed by atoms with E-state index in [-0.39, 0.29) is 28.8 Å². The summed E-state index contributed by atoms with van der Waals surface area (Å²) >= 11 is 0. The van der Waals surface area contributed by atoms with Gasteiger partial charge < -0.3 is 19.5 Å². The van der Waals surface area contributed by atoms with Gasteiger partial charge in [0.15, 0.2) is 0 Å². The van der Waals surface area contributed by atoms with Crippen molar-refractivity contribution in [1.29, 1.82) is 0 Å². The third kappa shape index (κ3) is 2.65. The number of nitro groups is 1. The van der Waals surface area contributed by atoms with Gasteiger partial charge in [-0.15, -0.1) is 0 Å². The van der Waals surface area contributed by atoms with Crippen LogP contribution in [0.25, 0.3) is 10.9 Å². The number of H-pyrrole nitrogens is 1. The summed E-state index contributed by atoms with van der Waals surface area (Å²) in [6.45, 7) is 6.65. The Morgan fingerprint density at radius 2 is 2.04 bits per heavy atom. The highest BCUT2D eigenvalue weighted by atomic mass is 16.6. The van der Waals surface area contributed by atoms with Crippen molar-refractivity contribution in [1.82, 2.24) is 9.88 Å². The van der Waals surface area contributed by atoms with Gasteiger partial charge in [-0.2, -0.15) is 0 Å². The molecule has 26 heavy (non-hydrogen) atoms. The summed E-state index contributed by atoms with van der Waals surface area (Å²) < 4.78 is 5.49. The van der Waals surface area contributed by atoms with Crippen LogP contribution in [0.2, 0.25) is 0 Å². The predicted octanol–water partition coefficient (Wildman–Crippen LogP) is 3.27. The summed E-state index contributed by atoms with van der Waals surface area (Å²) in [5.74, 6) is 0. The van der Waals surface area contributed by atoms with Crippen LogP contribution < -0.4 is 4.90 Å². The van der Waals surface area contributed by atoms with E-state index in [0.717, 1.165) is 17.3 Å². The number of ether oxygens (including phenoxy) is 1.